The van der Waals surface area contributed by atoms with E-state index in [0.717, 1.165) is 31.7 Å². The molecule has 0 aromatic heterocycles. The second-order valence-electron chi connectivity index (χ2n) is 5.04. The van der Waals surface area contributed by atoms with Gasteiger partial charge in [0.1, 0.15) is 0 Å². The quantitative estimate of drug-likeness (QED) is 0.736. The Morgan fingerprint density at radius 2 is 2.18 bits per heavy atom. The summed E-state index contributed by atoms with van der Waals surface area (Å²) in [6.07, 6.45) is 1.10. The molecule has 90 valence electrons. The number of carbonyl (C=O) groups excluding carboxylic acids is 1. The average Bonchev–Trinajstić information content (AvgIpc) is 2.72. The molecular weight excluding hydrogens is 212 g/mol. The molecule has 3 nitrogen and oxygen atoms in total. The van der Waals surface area contributed by atoms with Gasteiger partial charge in [0.15, 0.2) is 0 Å². The third kappa shape index (κ3) is 1.75. The summed E-state index contributed by atoms with van der Waals surface area (Å²) < 4.78 is 0. The van der Waals surface area contributed by atoms with E-state index in [2.05, 4.69) is 23.5 Å². The number of fused-ring (bicyclic) bond motifs is 3. The number of anilines is 1. The van der Waals surface area contributed by atoms with Gasteiger partial charge in [-0.25, -0.2) is 0 Å². The van der Waals surface area contributed by atoms with Gasteiger partial charge in [-0.15, -0.1) is 0 Å². The van der Waals surface area contributed by atoms with Crippen LogP contribution in [0.2, 0.25) is 0 Å². The Kier molecular flexibility index (Phi) is 2.63. The van der Waals surface area contributed by atoms with Crippen molar-refractivity contribution in [2.75, 3.05) is 24.5 Å². The molecule has 0 radical (unpaired) electrons. The molecule has 17 heavy (non-hydrogen) atoms. The van der Waals surface area contributed by atoms with Crippen molar-refractivity contribution >= 4 is 11.6 Å². The normalized spacial score (nSPS) is 27.2. The number of benzene rings is 1. The van der Waals surface area contributed by atoms with Crippen LogP contribution >= 0.6 is 0 Å². The maximum atomic E-state index is 11.7. The molecule has 1 aromatic rings. The van der Waals surface area contributed by atoms with Crippen LogP contribution < -0.4 is 10.2 Å². The predicted octanol–water partition coefficient (Wildman–Crippen LogP) is 1.75. The number of hydrogen-bond donors (Lipinski definition) is 1. The molecule has 1 fully saturated rings. The van der Waals surface area contributed by atoms with Crippen molar-refractivity contribution in [2.24, 2.45) is 5.92 Å². The summed E-state index contributed by atoms with van der Waals surface area (Å²) in [6, 6.07) is 8.37. The van der Waals surface area contributed by atoms with Crippen LogP contribution in [0.5, 0.6) is 0 Å². The standard InChI is InChI=1S/C14H18N2O/c1-10(17)16-7-6-11-8-15-9-13(11)12-4-2-3-5-14(12)16/h2-5,11,13,15H,6-9H2,1H3/t11-,13-/m1/s1. The summed E-state index contributed by atoms with van der Waals surface area (Å²) >= 11 is 0. The molecule has 1 amide bonds. The summed E-state index contributed by atoms with van der Waals surface area (Å²) in [5, 5.41) is 3.47. The Morgan fingerprint density at radius 1 is 1.35 bits per heavy atom. The fraction of sp³-hybridized carbons (Fsp3) is 0.500. The fourth-order valence-corrected chi connectivity index (χ4v) is 3.19. The van der Waals surface area contributed by atoms with E-state index in [0.29, 0.717) is 11.8 Å². The molecule has 0 saturated carbocycles. The molecule has 3 rings (SSSR count). The minimum Gasteiger partial charge on any atom is -0.316 e. The van der Waals surface area contributed by atoms with E-state index in [9.17, 15) is 4.79 Å². The summed E-state index contributed by atoms with van der Waals surface area (Å²) in [6.45, 7) is 4.66. The maximum Gasteiger partial charge on any atom is 0.223 e. The van der Waals surface area contributed by atoms with E-state index >= 15 is 0 Å². The largest absolute Gasteiger partial charge is 0.316 e. The van der Waals surface area contributed by atoms with E-state index in [-0.39, 0.29) is 5.91 Å². The zero-order valence-corrected chi connectivity index (χ0v) is 10.1. The first-order valence-corrected chi connectivity index (χ1v) is 6.35. The first-order chi connectivity index (χ1) is 8.27. The highest BCUT2D eigenvalue weighted by Gasteiger charge is 2.34. The summed E-state index contributed by atoms with van der Waals surface area (Å²) in [4.78, 5) is 13.7. The number of nitrogens with one attached hydrogen (secondary N) is 1. The molecule has 0 spiro atoms. The number of amides is 1. The smallest absolute Gasteiger partial charge is 0.223 e. The van der Waals surface area contributed by atoms with E-state index in [4.69, 9.17) is 0 Å². The van der Waals surface area contributed by atoms with Gasteiger partial charge in [0.2, 0.25) is 5.91 Å². The zero-order valence-electron chi connectivity index (χ0n) is 10.1. The highest BCUT2D eigenvalue weighted by molar-refractivity contribution is 5.92. The Hall–Kier alpha value is -1.35. The van der Waals surface area contributed by atoms with Gasteiger partial charge in [0.05, 0.1) is 0 Å². The first-order valence-electron chi connectivity index (χ1n) is 6.35. The molecule has 1 saturated heterocycles. The summed E-state index contributed by atoms with van der Waals surface area (Å²) in [7, 11) is 0. The Morgan fingerprint density at radius 3 is 3.00 bits per heavy atom. The second kappa shape index (κ2) is 4.15. The van der Waals surface area contributed by atoms with E-state index < -0.39 is 0 Å². The number of para-hydroxylation sites is 1. The van der Waals surface area contributed by atoms with Crippen LogP contribution in [0.1, 0.15) is 24.8 Å². The van der Waals surface area contributed by atoms with Gasteiger partial charge in [0, 0.05) is 31.6 Å². The number of hydrogen-bond acceptors (Lipinski definition) is 2. The van der Waals surface area contributed by atoms with Gasteiger partial charge in [-0.1, -0.05) is 18.2 Å². The molecule has 2 atom stereocenters. The highest BCUT2D eigenvalue weighted by atomic mass is 16.2. The van der Waals surface area contributed by atoms with Gasteiger partial charge < -0.3 is 10.2 Å². The number of carbonyl (C=O) groups is 1. The lowest BCUT2D eigenvalue weighted by molar-refractivity contribution is -0.116. The first kappa shape index (κ1) is 10.8. The van der Waals surface area contributed by atoms with Crippen LogP contribution in [0.3, 0.4) is 0 Å². The molecule has 2 aliphatic heterocycles. The molecule has 2 heterocycles. The van der Waals surface area contributed by atoms with E-state index in [1.54, 1.807) is 6.92 Å². The van der Waals surface area contributed by atoms with Crippen LogP contribution in [0.25, 0.3) is 0 Å². The SMILES string of the molecule is CC(=O)N1CC[C@@H]2CNC[C@H]2c2ccccc21. The van der Waals surface area contributed by atoms with Crippen molar-refractivity contribution < 1.29 is 4.79 Å². The van der Waals surface area contributed by atoms with Gasteiger partial charge in [-0.2, -0.15) is 0 Å². The van der Waals surface area contributed by atoms with Gasteiger partial charge in [-0.3, -0.25) is 4.79 Å². The zero-order chi connectivity index (χ0) is 11.8. The highest BCUT2D eigenvalue weighted by Crippen LogP contribution is 2.39. The lowest BCUT2D eigenvalue weighted by Crippen LogP contribution is -2.30. The molecule has 1 N–H and O–H groups in total. The van der Waals surface area contributed by atoms with Crippen LogP contribution in [0, 0.1) is 5.92 Å². The van der Waals surface area contributed by atoms with Gasteiger partial charge >= 0.3 is 0 Å². The van der Waals surface area contributed by atoms with Crippen molar-refractivity contribution in [1.82, 2.24) is 5.32 Å². The van der Waals surface area contributed by atoms with Gasteiger partial charge in [-0.05, 0) is 30.5 Å². The third-order valence-electron chi connectivity index (χ3n) is 4.07. The predicted molar refractivity (Wildman–Crippen MR) is 68.2 cm³/mol. The maximum absolute atomic E-state index is 11.7. The second-order valence-corrected chi connectivity index (χ2v) is 5.04. The lowest BCUT2D eigenvalue weighted by Gasteiger charge is -2.22. The minimum atomic E-state index is 0.158. The van der Waals surface area contributed by atoms with Gasteiger partial charge in [0.25, 0.3) is 0 Å². The lowest BCUT2D eigenvalue weighted by atomic mass is 9.87. The molecule has 1 aromatic carbocycles. The van der Waals surface area contributed by atoms with E-state index in [1.807, 2.05) is 11.0 Å². The molecule has 0 unspecified atom stereocenters. The third-order valence-corrected chi connectivity index (χ3v) is 4.07. The molecule has 0 bridgehead atoms. The Balaban J connectivity index is 2.08. The Bertz CT molecular complexity index is 444. The van der Waals surface area contributed by atoms with Crippen molar-refractivity contribution in [3.8, 4) is 0 Å². The monoisotopic (exact) mass is 230 g/mol. The van der Waals surface area contributed by atoms with Crippen LogP contribution in [-0.2, 0) is 4.79 Å². The van der Waals surface area contributed by atoms with Crippen molar-refractivity contribution in [2.45, 2.75) is 19.3 Å². The van der Waals surface area contributed by atoms with Crippen molar-refractivity contribution in [1.29, 1.82) is 0 Å². The molecule has 0 aliphatic carbocycles. The van der Waals surface area contributed by atoms with Crippen LogP contribution in [0.4, 0.5) is 5.69 Å². The van der Waals surface area contributed by atoms with Crippen molar-refractivity contribution in [3.63, 3.8) is 0 Å². The molecule has 2 aliphatic rings. The number of nitrogens with zero attached hydrogens (tertiary/aromatic N) is 1. The minimum absolute atomic E-state index is 0.158. The van der Waals surface area contributed by atoms with Crippen LogP contribution in [0.15, 0.2) is 24.3 Å². The molecule has 3 heteroatoms. The Labute approximate surface area is 102 Å². The molecular formula is C14H18N2O. The fourth-order valence-electron chi connectivity index (χ4n) is 3.19. The average molecular weight is 230 g/mol. The van der Waals surface area contributed by atoms with Crippen LogP contribution in [-0.4, -0.2) is 25.5 Å². The summed E-state index contributed by atoms with van der Waals surface area (Å²) in [5.74, 6) is 1.42. The number of rotatable bonds is 0. The van der Waals surface area contributed by atoms with Crippen molar-refractivity contribution in [3.05, 3.63) is 29.8 Å². The summed E-state index contributed by atoms with van der Waals surface area (Å²) in [5.41, 5.74) is 2.46. The topological polar surface area (TPSA) is 32.3 Å². The van der Waals surface area contributed by atoms with E-state index in [1.165, 1.54) is 5.56 Å².